The van der Waals surface area contributed by atoms with Crippen LogP contribution in [0.1, 0.15) is 30.0 Å². The number of carbonyl (C=O) groups excluding carboxylic acids is 1. The summed E-state index contributed by atoms with van der Waals surface area (Å²) in [5.74, 6) is 0.166. The fourth-order valence-corrected chi connectivity index (χ4v) is 5.39. The molecule has 0 aliphatic carbocycles. The Labute approximate surface area is 191 Å². The molecular weight excluding hydrogens is 442 g/mol. The van der Waals surface area contributed by atoms with E-state index in [9.17, 15) is 18.0 Å². The smallest absolute Gasteiger partial charge is 0.252 e. The molecule has 0 aliphatic heterocycles. The van der Waals surface area contributed by atoms with Crippen LogP contribution in [0.15, 0.2) is 58.2 Å². The maximum Gasteiger partial charge on any atom is 0.252 e. The maximum atomic E-state index is 13.1. The van der Waals surface area contributed by atoms with E-state index in [0.29, 0.717) is 29.8 Å². The first-order valence-corrected chi connectivity index (χ1v) is 12.1. The van der Waals surface area contributed by atoms with Gasteiger partial charge in [0.2, 0.25) is 15.6 Å². The Morgan fingerprint density at radius 1 is 1.12 bits per heavy atom. The Morgan fingerprint density at radius 2 is 1.85 bits per heavy atom. The van der Waals surface area contributed by atoms with Crippen LogP contribution in [-0.4, -0.2) is 46.3 Å². The molecule has 2 aromatic heterocycles. The number of imidazole rings is 1. The van der Waals surface area contributed by atoms with Crippen LogP contribution in [0.2, 0.25) is 0 Å². The predicted molar refractivity (Wildman–Crippen MR) is 127 cm³/mol. The Hall–Kier alpha value is -3.50. The first-order valence-electron chi connectivity index (χ1n) is 10.6. The second-order valence-electron chi connectivity index (χ2n) is 7.60. The Bertz CT molecular complexity index is 1520. The van der Waals surface area contributed by atoms with Crippen molar-refractivity contribution in [3.63, 3.8) is 0 Å². The van der Waals surface area contributed by atoms with E-state index in [4.69, 9.17) is 0 Å². The molecule has 0 saturated heterocycles. The van der Waals surface area contributed by atoms with E-state index < -0.39 is 21.5 Å². The number of hydrogen-bond acceptors (Lipinski definition) is 5. The van der Waals surface area contributed by atoms with Gasteiger partial charge < -0.3 is 14.9 Å². The fourth-order valence-electron chi connectivity index (χ4n) is 3.90. The number of aromatic amines is 1. The first-order chi connectivity index (χ1) is 15.8. The van der Waals surface area contributed by atoms with Crippen LogP contribution in [0.4, 0.5) is 0 Å². The van der Waals surface area contributed by atoms with Crippen LogP contribution >= 0.6 is 0 Å². The molecule has 4 rings (SSSR count). The van der Waals surface area contributed by atoms with Gasteiger partial charge in [0.05, 0.1) is 28.0 Å². The number of sulfonamides is 1. The highest BCUT2D eigenvalue weighted by atomic mass is 32.2. The molecule has 0 atom stereocenters. The van der Waals surface area contributed by atoms with E-state index in [1.807, 2.05) is 35.9 Å². The zero-order valence-corrected chi connectivity index (χ0v) is 19.4. The molecule has 2 N–H and O–H groups in total. The third kappa shape index (κ3) is 4.14. The van der Waals surface area contributed by atoms with E-state index in [2.05, 4.69) is 15.3 Å². The van der Waals surface area contributed by atoms with Crippen molar-refractivity contribution in [2.45, 2.75) is 25.3 Å². The molecule has 2 heterocycles. The highest BCUT2D eigenvalue weighted by Crippen LogP contribution is 2.23. The molecule has 1 amide bonds. The minimum atomic E-state index is -3.72. The average Bonchev–Trinajstić information content (AvgIpc) is 3.12. The van der Waals surface area contributed by atoms with Gasteiger partial charge in [0.15, 0.2) is 0 Å². The molecule has 10 heteroatoms. The lowest BCUT2D eigenvalue weighted by Crippen LogP contribution is -2.30. The minimum Gasteiger partial charge on any atom is -0.345 e. The molecule has 0 bridgehead atoms. The summed E-state index contributed by atoms with van der Waals surface area (Å²) in [4.78, 5) is 32.5. The van der Waals surface area contributed by atoms with Gasteiger partial charge in [-0.15, -0.1) is 0 Å². The molecule has 0 spiro atoms. The molecule has 0 radical (unpaired) electrons. The van der Waals surface area contributed by atoms with Gasteiger partial charge in [-0.1, -0.05) is 26.0 Å². The summed E-state index contributed by atoms with van der Waals surface area (Å²) in [5, 5.41) is 3.16. The number of fused-ring (bicyclic) bond motifs is 2. The number of carbonyl (C=O) groups is 1. The maximum absolute atomic E-state index is 13.1. The number of amides is 1. The van der Waals surface area contributed by atoms with Crippen LogP contribution in [0.25, 0.3) is 21.9 Å². The summed E-state index contributed by atoms with van der Waals surface area (Å²) in [7, 11) is -1.86. The fraction of sp³-hybridized carbons (Fsp3) is 0.261. The van der Waals surface area contributed by atoms with E-state index in [0.717, 1.165) is 11.0 Å². The van der Waals surface area contributed by atoms with Crippen molar-refractivity contribution in [2.75, 3.05) is 13.1 Å². The second kappa shape index (κ2) is 8.80. The van der Waals surface area contributed by atoms with E-state index in [-0.39, 0.29) is 17.0 Å². The summed E-state index contributed by atoms with van der Waals surface area (Å²) in [6.07, 6.45) is 0. The van der Waals surface area contributed by atoms with Gasteiger partial charge >= 0.3 is 0 Å². The average molecular weight is 468 g/mol. The molecule has 172 valence electrons. The number of benzene rings is 2. The number of pyridine rings is 1. The molecule has 0 saturated carbocycles. The Kier molecular flexibility index (Phi) is 6.05. The number of H-pyrrole nitrogens is 1. The third-order valence-electron chi connectivity index (χ3n) is 5.69. The summed E-state index contributed by atoms with van der Waals surface area (Å²) >= 11 is 0. The number of rotatable bonds is 7. The molecule has 33 heavy (non-hydrogen) atoms. The number of hydrogen-bond donors (Lipinski definition) is 2. The minimum absolute atomic E-state index is 0.0650. The van der Waals surface area contributed by atoms with Gasteiger partial charge in [-0.3, -0.25) is 9.59 Å². The monoisotopic (exact) mass is 467 g/mol. The summed E-state index contributed by atoms with van der Waals surface area (Å²) < 4.78 is 29.2. The van der Waals surface area contributed by atoms with Gasteiger partial charge in [0, 0.05) is 37.1 Å². The standard InChI is InChI=1S/C23H25N5O4S/c1-4-28(5-2)33(31,32)15-10-11-18-16(12-15)17(13-22(29)26-18)23(30)24-14-21-25-19-8-6-7-9-20(19)27(21)3/h6-13H,4-5,14H2,1-3H3,(H,24,30)(H,26,29). The number of aromatic nitrogens is 3. The van der Waals surface area contributed by atoms with Crippen molar-refractivity contribution in [1.82, 2.24) is 24.2 Å². The van der Waals surface area contributed by atoms with Gasteiger partial charge in [-0.25, -0.2) is 13.4 Å². The van der Waals surface area contributed by atoms with Crippen LogP contribution in [0.5, 0.6) is 0 Å². The van der Waals surface area contributed by atoms with Crippen molar-refractivity contribution in [3.05, 3.63) is 70.3 Å². The quantitative estimate of drug-likeness (QED) is 0.433. The summed E-state index contributed by atoms with van der Waals surface area (Å²) in [6.45, 7) is 4.33. The lowest BCUT2D eigenvalue weighted by molar-refractivity contribution is 0.0951. The number of nitrogens with zero attached hydrogens (tertiary/aromatic N) is 3. The van der Waals surface area contributed by atoms with Crippen molar-refractivity contribution in [2.24, 2.45) is 7.05 Å². The highest BCUT2D eigenvalue weighted by Gasteiger charge is 2.23. The first kappa shape index (κ1) is 22.7. The van der Waals surface area contributed by atoms with E-state index in [1.165, 1.54) is 28.6 Å². The SMILES string of the molecule is CCN(CC)S(=O)(=O)c1ccc2[nH]c(=O)cc(C(=O)NCc3nc4ccccc4n3C)c2c1. The van der Waals surface area contributed by atoms with Crippen molar-refractivity contribution in [3.8, 4) is 0 Å². The normalized spacial score (nSPS) is 12.0. The Morgan fingerprint density at radius 3 is 2.55 bits per heavy atom. The zero-order valence-electron chi connectivity index (χ0n) is 18.6. The van der Waals surface area contributed by atoms with Gasteiger partial charge in [-0.05, 0) is 30.3 Å². The third-order valence-corrected chi connectivity index (χ3v) is 7.74. The van der Waals surface area contributed by atoms with Gasteiger partial charge in [-0.2, -0.15) is 4.31 Å². The van der Waals surface area contributed by atoms with Crippen molar-refractivity contribution < 1.29 is 13.2 Å². The number of aryl methyl sites for hydroxylation is 1. The van der Waals surface area contributed by atoms with Crippen LogP contribution in [0.3, 0.4) is 0 Å². The van der Waals surface area contributed by atoms with Crippen LogP contribution in [-0.2, 0) is 23.6 Å². The molecule has 0 aliphatic rings. The molecule has 4 aromatic rings. The lowest BCUT2D eigenvalue weighted by Gasteiger charge is -2.19. The van der Waals surface area contributed by atoms with Crippen molar-refractivity contribution >= 4 is 37.9 Å². The zero-order chi connectivity index (χ0) is 23.8. The molecule has 0 unspecified atom stereocenters. The Balaban J connectivity index is 1.70. The van der Waals surface area contributed by atoms with Gasteiger partial charge in [0.1, 0.15) is 5.82 Å². The largest absolute Gasteiger partial charge is 0.345 e. The topological polar surface area (TPSA) is 117 Å². The highest BCUT2D eigenvalue weighted by molar-refractivity contribution is 7.89. The predicted octanol–water partition coefficient (Wildman–Crippen LogP) is 2.38. The molecular formula is C23H25N5O4S. The van der Waals surface area contributed by atoms with Crippen molar-refractivity contribution in [1.29, 1.82) is 0 Å². The van der Waals surface area contributed by atoms with Crippen LogP contribution in [0, 0.1) is 0 Å². The molecule has 0 fully saturated rings. The summed E-state index contributed by atoms with van der Waals surface area (Å²) in [5.41, 5.74) is 1.79. The molecule has 2 aromatic carbocycles. The van der Waals surface area contributed by atoms with Crippen LogP contribution < -0.4 is 10.9 Å². The van der Waals surface area contributed by atoms with Gasteiger partial charge in [0.25, 0.3) is 5.91 Å². The molecule has 9 nitrogen and oxygen atoms in total. The number of nitrogens with one attached hydrogen (secondary N) is 2. The van der Waals surface area contributed by atoms with E-state index >= 15 is 0 Å². The summed E-state index contributed by atoms with van der Waals surface area (Å²) in [6, 6.07) is 13.2. The second-order valence-corrected chi connectivity index (χ2v) is 9.54. The van der Waals surface area contributed by atoms with E-state index in [1.54, 1.807) is 13.8 Å². The lowest BCUT2D eigenvalue weighted by atomic mass is 10.1. The number of para-hydroxylation sites is 2.